The molecule has 6 aromatic carbocycles. The van der Waals surface area contributed by atoms with E-state index < -0.39 is 260 Å². The first-order chi connectivity index (χ1) is 58.2. The standard InChI is InChI=1S/C81H92Cl2F3N11O26/c1-33(2)22-47(88-5)71(108)95-62-64(103)37-7-14-51(45(82)24-37)118-53-26-39-27-54(68(53)122-78-69(67(106)66(105)55(32-98)120-78)121-57-31-80(4,70(107)34(3)117-57)89-19-16-35-17-20-97(21-18-35)79(116)90-40-9-11-42(12-10-40)123-81(84,85)86)119-52-15-8-38(25-46(52)83)65(104)63-76(113)94-61(77(114)115)44-28-41(99)29-50(101)58(44)43-23-36(6-13-49(43)100)59(73(110)96-63)93-74(111)60(39)92-72(109)48(30-56(87)102)91-75(62)112/h6-15,23-29,33-35,47-48,55,57,59-67,69-70,78,88-89,98-101,103-107H,16-22,30-32H2,1-5H3,(H2,87,102)(H,90,116)(H,91,112)(H,92,109)(H,93,111)(H,94,113)(H,95,108)(H,96,110)(H,114,115). The van der Waals surface area contributed by atoms with E-state index in [1.807, 2.05) is 0 Å². The molecular formula is C81H92Cl2F3N11O26. The number of nitrogens with zero attached hydrogens (tertiary/aromatic N) is 1. The summed E-state index contributed by atoms with van der Waals surface area (Å²) in [5.41, 5.74) is 1.73. The van der Waals surface area contributed by atoms with E-state index in [9.17, 15) is 93.0 Å². The van der Waals surface area contributed by atoms with Crippen molar-refractivity contribution in [3.8, 4) is 62.9 Å². The molecule has 18 unspecified atom stereocenters. The maximum Gasteiger partial charge on any atom is 0.573 e. The second-order valence-electron chi connectivity index (χ2n) is 31.3. The first-order valence-corrected chi connectivity index (χ1v) is 39.8. The summed E-state index contributed by atoms with van der Waals surface area (Å²) in [7, 11) is 1.46. The number of likely N-dealkylation sites (N-methyl/N-ethyl adjacent to an activating group) is 1. The number of piperidine rings is 1. The Labute approximate surface area is 708 Å². The number of hydrogen-bond acceptors (Lipinski definition) is 27. The van der Waals surface area contributed by atoms with Crippen molar-refractivity contribution >= 4 is 82.2 Å². The number of aliphatic hydroxyl groups excluding tert-OH is 6. The van der Waals surface area contributed by atoms with Crippen LogP contribution in [0.1, 0.15) is 124 Å². The van der Waals surface area contributed by atoms with Gasteiger partial charge in [-0.15, -0.1) is 13.2 Å². The van der Waals surface area contributed by atoms with Crippen molar-refractivity contribution in [2.45, 2.75) is 182 Å². The SMILES string of the molecule is CNC(CC(C)C)C(=O)NC1C(=O)NC(CC(N)=O)C(=O)NC2C(=O)NC3C(=O)NC(C(=O)NC(C(=O)O)c4cc(O)cc(O)c4-c4cc3ccc4O)C(O)c3ccc(c(Cl)c3)Oc3cc2cc(c3OC2OC(CO)C(O)C(O)C2OC2CC(C)(NCCC3CCN(C(=O)Nc4ccc(OC(F)(F)F)cc4)CC3)C(O)C(C)O2)Oc2ccc(cc2Cl)C1O. The molecule has 0 aliphatic carbocycles. The van der Waals surface area contributed by atoms with Crippen molar-refractivity contribution in [1.29, 1.82) is 0 Å². The number of likely N-dealkylation sites (tertiary alicyclic amines) is 1. The fourth-order valence-electron chi connectivity index (χ4n) is 15.6. The predicted molar refractivity (Wildman–Crippen MR) is 424 cm³/mol. The predicted octanol–water partition coefficient (Wildman–Crippen LogP) is 3.97. The van der Waals surface area contributed by atoms with Gasteiger partial charge in [0.15, 0.2) is 29.9 Å². The number of rotatable bonds is 19. The average molecular weight is 1760 g/mol. The van der Waals surface area contributed by atoms with Gasteiger partial charge in [-0.25, -0.2) is 9.59 Å². The van der Waals surface area contributed by atoms with Gasteiger partial charge >= 0.3 is 18.4 Å². The Morgan fingerprint density at radius 2 is 1.33 bits per heavy atom. The minimum absolute atomic E-state index is 0.0485. The Bertz CT molecular complexity index is 5000. The molecule has 0 aromatic heterocycles. The van der Waals surface area contributed by atoms with Crippen molar-refractivity contribution in [2.75, 3.05) is 38.6 Å². The number of carbonyl (C=O) groups excluding carboxylic acids is 8. The molecule has 3 saturated heterocycles. The zero-order valence-corrected chi connectivity index (χ0v) is 67.8. The van der Waals surface area contributed by atoms with Crippen molar-refractivity contribution in [3.05, 3.63) is 141 Å². The molecule has 37 nitrogen and oxygen atoms in total. The molecular weight excluding hydrogens is 1670 g/mol. The number of aromatic hydroxyl groups is 3. The van der Waals surface area contributed by atoms with Gasteiger partial charge in [0.2, 0.25) is 53.4 Å². The fraction of sp³-hybridized carbons (Fsp3) is 0.444. The molecule has 6 aromatic rings. The van der Waals surface area contributed by atoms with E-state index in [1.165, 1.54) is 38.2 Å². The van der Waals surface area contributed by atoms with E-state index in [0.717, 1.165) is 78.9 Å². The van der Waals surface area contributed by atoms with Crippen LogP contribution in [0.3, 0.4) is 0 Å². The molecule has 3 fully saturated rings. The lowest BCUT2D eigenvalue weighted by Gasteiger charge is -2.48. The van der Waals surface area contributed by atoms with Gasteiger partial charge in [-0.2, -0.15) is 0 Å². The number of carboxylic acids is 1. The fourth-order valence-corrected chi connectivity index (χ4v) is 16.0. The number of carboxylic acid groups (broad SMARTS) is 1. The van der Waals surface area contributed by atoms with Crippen molar-refractivity contribution in [2.24, 2.45) is 17.6 Å². The average Bonchev–Trinajstić information content (AvgIpc) is 0.766. The van der Waals surface area contributed by atoms with Gasteiger partial charge in [0.05, 0.1) is 41.3 Å². The van der Waals surface area contributed by atoms with E-state index in [0.29, 0.717) is 32.4 Å². The molecule has 14 rings (SSSR count). The third-order valence-electron chi connectivity index (χ3n) is 22.1. The number of halogens is 5. The lowest BCUT2D eigenvalue weighted by molar-refractivity contribution is -0.334. The van der Waals surface area contributed by atoms with Gasteiger partial charge in [-0.3, -0.25) is 33.6 Å². The van der Waals surface area contributed by atoms with E-state index >= 15 is 14.4 Å². The molecule has 11 bridgehead atoms. The number of amides is 9. The molecule has 0 saturated carbocycles. The summed E-state index contributed by atoms with van der Waals surface area (Å²) in [6, 6.07) is 3.11. The molecule has 0 radical (unpaired) electrons. The summed E-state index contributed by atoms with van der Waals surface area (Å²) in [6.45, 7) is 6.73. The monoisotopic (exact) mass is 1760 g/mol. The maximum atomic E-state index is 16.2. The highest BCUT2D eigenvalue weighted by atomic mass is 35.5. The number of carbonyl (C=O) groups is 9. The van der Waals surface area contributed by atoms with Crippen molar-refractivity contribution in [1.82, 2.24) is 47.4 Å². The van der Waals surface area contributed by atoms with Crippen molar-refractivity contribution < 1.29 is 141 Å². The Kier molecular flexibility index (Phi) is 28.1. The Morgan fingerprint density at radius 3 is 1.93 bits per heavy atom. The highest BCUT2D eigenvalue weighted by molar-refractivity contribution is 6.32. The summed E-state index contributed by atoms with van der Waals surface area (Å²) in [6.07, 6.45) is -22.5. The largest absolute Gasteiger partial charge is 0.573 e. The number of hydrogen-bond donors (Lipinski definition) is 20. The number of benzene rings is 6. The number of phenolic OH excluding ortho intramolecular Hbond substituents is 3. The number of aliphatic hydroxyl groups is 6. The zero-order chi connectivity index (χ0) is 89.1. The van der Waals surface area contributed by atoms with E-state index in [4.69, 9.17) is 57.4 Å². The minimum Gasteiger partial charge on any atom is -0.508 e. The van der Waals surface area contributed by atoms with Crippen LogP contribution in [-0.2, 0) is 52.6 Å². The van der Waals surface area contributed by atoms with Gasteiger partial charge in [-0.1, -0.05) is 55.2 Å². The molecule has 123 heavy (non-hydrogen) atoms. The first kappa shape index (κ1) is 91.1. The molecule has 18 atom stereocenters. The second kappa shape index (κ2) is 37.9. The number of fused-ring (bicyclic) bond motifs is 15. The summed E-state index contributed by atoms with van der Waals surface area (Å²) in [5, 5.41) is 139. The number of alkyl halides is 3. The summed E-state index contributed by atoms with van der Waals surface area (Å²) < 4.78 is 81.6. The quantitative estimate of drug-likeness (QED) is 0.0545. The maximum absolute atomic E-state index is 16.2. The molecule has 8 aliphatic heterocycles. The lowest BCUT2D eigenvalue weighted by Crippen LogP contribution is -2.65. The minimum atomic E-state index is -4.91. The Morgan fingerprint density at radius 1 is 0.715 bits per heavy atom. The summed E-state index contributed by atoms with van der Waals surface area (Å²) >= 11 is 14.3. The summed E-state index contributed by atoms with van der Waals surface area (Å²) in [4.78, 5) is 133. The van der Waals surface area contributed by atoms with Crippen LogP contribution in [0.15, 0.2) is 103 Å². The molecule has 42 heteroatoms. The number of phenols is 3. The van der Waals surface area contributed by atoms with Gasteiger partial charge in [0.1, 0.15) is 95.2 Å². The normalized spacial score (nSPS) is 27.3. The topological polar surface area (TPSA) is 558 Å². The van der Waals surface area contributed by atoms with Gasteiger partial charge in [-0.05, 0) is 166 Å². The molecule has 0 spiro atoms. The number of ether oxygens (including phenoxy) is 7. The smallest absolute Gasteiger partial charge is 0.508 e. The van der Waals surface area contributed by atoms with Gasteiger partial charge < -0.3 is 143 Å². The Balaban J connectivity index is 0.965. The van der Waals surface area contributed by atoms with Crippen LogP contribution < -0.4 is 72.5 Å². The molecule has 662 valence electrons. The second-order valence-corrected chi connectivity index (χ2v) is 32.1. The number of nitrogens with one attached hydrogen (secondary N) is 9. The highest BCUT2D eigenvalue weighted by Gasteiger charge is 2.53. The molecule has 9 amide bonds. The van der Waals surface area contributed by atoms with Crippen LogP contribution in [0.5, 0.6) is 51.7 Å². The van der Waals surface area contributed by atoms with Crippen LogP contribution in [0.4, 0.5) is 23.7 Å². The zero-order valence-electron chi connectivity index (χ0n) is 66.3. The lowest BCUT2D eigenvalue weighted by atomic mass is 9.84. The number of primary amides is 1. The van der Waals surface area contributed by atoms with Crippen LogP contribution >= 0.6 is 23.2 Å². The molecule has 8 aliphatic rings. The van der Waals surface area contributed by atoms with Crippen LogP contribution in [0, 0.1) is 11.8 Å². The summed E-state index contributed by atoms with van der Waals surface area (Å²) in [5.74, 6) is -16.8. The first-order valence-electron chi connectivity index (χ1n) is 39.0. The number of anilines is 1. The van der Waals surface area contributed by atoms with E-state index in [1.54, 1.807) is 25.7 Å². The third-order valence-corrected chi connectivity index (χ3v) is 22.6. The number of aliphatic carboxylic acids is 1. The van der Waals surface area contributed by atoms with Crippen LogP contribution in [0.25, 0.3) is 11.1 Å². The van der Waals surface area contributed by atoms with E-state index in [-0.39, 0.29) is 59.3 Å². The Hall–Kier alpha value is -11.1. The van der Waals surface area contributed by atoms with Crippen molar-refractivity contribution in [3.63, 3.8) is 0 Å². The highest BCUT2D eigenvalue weighted by Crippen LogP contribution is 2.50. The molecule has 8 heterocycles. The number of urea groups is 1. The van der Waals surface area contributed by atoms with E-state index in [2.05, 4.69) is 52.6 Å². The number of nitrogens with two attached hydrogens (primary N) is 1. The van der Waals surface area contributed by atoms with Crippen LogP contribution in [-0.4, -0.2) is 228 Å². The molecule has 21 N–H and O–H groups in total. The van der Waals surface area contributed by atoms with Crippen LogP contribution in [0.2, 0.25) is 10.0 Å². The van der Waals surface area contributed by atoms with Gasteiger partial charge in [0, 0.05) is 53.5 Å². The third kappa shape index (κ3) is 20.9. The van der Waals surface area contributed by atoms with Gasteiger partial charge in [0.25, 0.3) is 0 Å².